The first kappa shape index (κ1) is 29.9. The fourth-order valence-electron chi connectivity index (χ4n) is 5.25. The number of carbonyl (C=O) groups excluding carboxylic acids is 4. The van der Waals surface area contributed by atoms with Crippen LogP contribution < -0.4 is 11.5 Å². The normalized spacial score (nSPS) is 16.7. The highest BCUT2D eigenvalue weighted by atomic mass is 19.1. The monoisotopic (exact) mass is 539 g/mol. The maximum atomic E-state index is 13.7. The third-order valence-corrected chi connectivity index (χ3v) is 7.42. The van der Waals surface area contributed by atoms with Crippen molar-refractivity contribution < 1.29 is 23.6 Å². The van der Waals surface area contributed by atoms with Gasteiger partial charge in [0.05, 0.1) is 11.6 Å². The number of fused-ring (bicyclic) bond motifs is 1. The number of hydrogen-bond donors (Lipinski definition) is 2. The molecule has 2 heterocycles. The Balaban J connectivity index is 1.72. The summed E-state index contributed by atoms with van der Waals surface area (Å²) >= 11 is 0. The van der Waals surface area contributed by atoms with Crippen molar-refractivity contribution in [3.05, 3.63) is 42.1 Å². The van der Waals surface area contributed by atoms with E-state index in [1.54, 1.807) is 17.2 Å². The molecule has 0 unspecified atom stereocenters. The second-order valence-electron chi connectivity index (χ2n) is 10.5. The number of nitrogens with zero attached hydrogens (tertiary/aromatic N) is 3. The van der Waals surface area contributed by atoms with Gasteiger partial charge >= 0.3 is 0 Å². The second kappa shape index (κ2) is 13.9. The van der Waals surface area contributed by atoms with Gasteiger partial charge in [0.1, 0.15) is 6.67 Å². The van der Waals surface area contributed by atoms with E-state index in [9.17, 15) is 23.6 Å². The zero-order chi connectivity index (χ0) is 28.5. The number of halogens is 1. The number of alkyl halides is 1. The van der Waals surface area contributed by atoms with Gasteiger partial charge < -0.3 is 16.4 Å². The van der Waals surface area contributed by atoms with Gasteiger partial charge in [0.2, 0.25) is 5.91 Å². The number of pyridine rings is 1. The topological polar surface area (TPSA) is 149 Å². The van der Waals surface area contributed by atoms with Crippen LogP contribution in [-0.2, 0) is 14.4 Å². The first-order chi connectivity index (χ1) is 18.6. The Kier molecular flexibility index (Phi) is 10.7. The summed E-state index contributed by atoms with van der Waals surface area (Å²) in [5.74, 6) is -2.91. The molecule has 4 N–H and O–H groups in total. The number of amides is 1. The van der Waals surface area contributed by atoms with Gasteiger partial charge in [-0.3, -0.25) is 29.2 Å². The minimum atomic E-state index is -1.16. The number of likely N-dealkylation sites (tertiary alicyclic amines) is 1. The molecule has 0 radical (unpaired) electrons. The Bertz CT molecular complexity index is 1220. The van der Waals surface area contributed by atoms with Gasteiger partial charge in [0, 0.05) is 54.9 Å². The Labute approximate surface area is 228 Å². The molecule has 1 saturated heterocycles. The largest absolute Gasteiger partial charge is 0.370 e. The summed E-state index contributed by atoms with van der Waals surface area (Å²) in [5, 5.41) is 0.734. The lowest BCUT2D eigenvalue weighted by atomic mass is 9.86. The number of Topliss-reactive ketones (excluding diaryl/α,β-unsaturated/α-hetero) is 3. The van der Waals surface area contributed by atoms with E-state index in [4.69, 9.17) is 11.5 Å². The molecule has 210 valence electrons. The molecule has 0 bridgehead atoms. The van der Waals surface area contributed by atoms with Crippen LogP contribution in [0.2, 0.25) is 0 Å². The van der Waals surface area contributed by atoms with Crippen LogP contribution in [0.1, 0.15) is 62.7 Å². The van der Waals surface area contributed by atoms with Crippen LogP contribution in [0.25, 0.3) is 10.9 Å². The van der Waals surface area contributed by atoms with Crippen molar-refractivity contribution in [3.8, 4) is 0 Å². The molecule has 0 spiro atoms. The smallest absolute Gasteiger partial charge is 0.227 e. The number of benzene rings is 1. The predicted molar refractivity (Wildman–Crippen MR) is 148 cm³/mol. The fourth-order valence-corrected chi connectivity index (χ4v) is 5.25. The molecule has 3 atom stereocenters. The molecular weight excluding hydrogens is 501 g/mol. The molecule has 1 aliphatic heterocycles. The van der Waals surface area contributed by atoms with Crippen LogP contribution >= 0.6 is 0 Å². The molecule has 1 fully saturated rings. The summed E-state index contributed by atoms with van der Waals surface area (Å²) in [7, 11) is 0. The van der Waals surface area contributed by atoms with Crippen molar-refractivity contribution in [1.82, 2.24) is 9.88 Å². The summed E-state index contributed by atoms with van der Waals surface area (Å²) in [6, 6.07) is 8.34. The Morgan fingerprint density at radius 3 is 2.56 bits per heavy atom. The van der Waals surface area contributed by atoms with Crippen LogP contribution in [0.4, 0.5) is 4.39 Å². The van der Waals surface area contributed by atoms with Gasteiger partial charge in [-0.15, -0.1) is 0 Å². The van der Waals surface area contributed by atoms with Crippen LogP contribution in [0.5, 0.6) is 0 Å². The van der Waals surface area contributed by atoms with E-state index in [1.165, 1.54) is 0 Å². The summed E-state index contributed by atoms with van der Waals surface area (Å²) in [6.45, 7) is 3.29. The lowest BCUT2D eigenvalue weighted by Crippen LogP contribution is -2.45. The Morgan fingerprint density at radius 2 is 1.87 bits per heavy atom. The molecule has 1 aliphatic rings. The number of aromatic nitrogens is 1. The van der Waals surface area contributed by atoms with Crippen molar-refractivity contribution in [1.29, 1.82) is 0 Å². The molecule has 39 heavy (non-hydrogen) atoms. The number of para-hydroxylation sites is 1. The molecule has 1 aromatic carbocycles. The van der Waals surface area contributed by atoms with Crippen LogP contribution in [0, 0.1) is 17.8 Å². The van der Waals surface area contributed by atoms with E-state index < -0.39 is 30.3 Å². The van der Waals surface area contributed by atoms with Crippen molar-refractivity contribution in [2.24, 2.45) is 34.2 Å². The van der Waals surface area contributed by atoms with Gasteiger partial charge in [-0.1, -0.05) is 32.0 Å². The highest BCUT2D eigenvalue weighted by Crippen LogP contribution is 2.29. The zero-order valence-electron chi connectivity index (χ0n) is 22.6. The van der Waals surface area contributed by atoms with Gasteiger partial charge in [0.25, 0.3) is 0 Å². The predicted octanol–water partition coefficient (Wildman–Crippen LogP) is 3.24. The van der Waals surface area contributed by atoms with Crippen LogP contribution in [-0.4, -0.2) is 64.9 Å². The number of rotatable bonds is 14. The number of carbonyl (C=O) groups is 4. The fraction of sp³-hybridized carbons (Fsp3) is 0.517. The molecular formula is C29H38FN5O4. The minimum absolute atomic E-state index is 0.00960. The molecule has 1 aromatic heterocycles. The summed E-state index contributed by atoms with van der Waals surface area (Å²) in [5.41, 5.74) is 11.9. The average molecular weight is 540 g/mol. The van der Waals surface area contributed by atoms with Crippen molar-refractivity contribution in [3.63, 3.8) is 0 Å². The highest BCUT2D eigenvalue weighted by molar-refractivity contribution is 6.08. The van der Waals surface area contributed by atoms with E-state index in [0.29, 0.717) is 36.9 Å². The van der Waals surface area contributed by atoms with E-state index in [2.05, 4.69) is 9.98 Å². The number of guanidine groups is 1. The SMILES string of the molecule is CC(C)[C@H](CC(=O)c1ccnc2ccccc12)C(=O)N1CCC[C@H]1C(=O)C[C@@H](CCCN=C(N)N)C(=O)CF. The quantitative estimate of drug-likeness (QED) is 0.162. The molecule has 1 amide bonds. The number of hydrogen-bond acceptors (Lipinski definition) is 6. The lowest BCUT2D eigenvalue weighted by Gasteiger charge is -2.30. The standard InChI is InChI=1S/C29H38FN5O4/c1-18(2)22(16-25(36)21-11-13-33-23-9-4-3-8-20(21)23)28(39)35-14-6-10-24(35)26(37)15-19(27(38)17-30)7-5-12-34-29(31)32/h3-4,8-9,11,13,18-19,22,24H,5-7,10,12,14-17H2,1-2H3,(H4,31,32,34)/t19-,22+,24+/m1/s1. The maximum Gasteiger partial charge on any atom is 0.227 e. The number of ketones is 3. The Morgan fingerprint density at radius 1 is 1.13 bits per heavy atom. The molecule has 3 rings (SSSR count). The first-order valence-electron chi connectivity index (χ1n) is 13.5. The molecule has 0 saturated carbocycles. The van der Waals surface area contributed by atoms with E-state index in [0.717, 1.165) is 5.39 Å². The molecule has 10 heteroatoms. The van der Waals surface area contributed by atoms with Gasteiger partial charge in [-0.05, 0) is 43.7 Å². The van der Waals surface area contributed by atoms with Crippen molar-refractivity contribution in [2.45, 2.75) is 58.4 Å². The number of nitrogens with two attached hydrogens (primary N) is 2. The van der Waals surface area contributed by atoms with Gasteiger partial charge in [0.15, 0.2) is 23.3 Å². The van der Waals surface area contributed by atoms with Gasteiger partial charge in [-0.25, -0.2) is 4.39 Å². The first-order valence-corrected chi connectivity index (χ1v) is 13.5. The Hall–Kier alpha value is -3.69. The lowest BCUT2D eigenvalue weighted by molar-refractivity contribution is -0.142. The van der Waals surface area contributed by atoms with Crippen LogP contribution in [0.3, 0.4) is 0 Å². The number of aliphatic imine (C=N–C) groups is 1. The van der Waals surface area contributed by atoms with Crippen molar-refractivity contribution in [2.75, 3.05) is 19.8 Å². The van der Waals surface area contributed by atoms with Crippen LogP contribution in [0.15, 0.2) is 41.5 Å². The average Bonchev–Trinajstić information content (AvgIpc) is 3.42. The van der Waals surface area contributed by atoms with Gasteiger partial charge in [-0.2, -0.15) is 0 Å². The summed E-state index contributed by atoms with van der Waals surface area (Å²) < 4.78 is 13.2. The van der Waals surface area contributed by atoms with E-state index in [-0.39, 0.29) is 55.2 Å². The highest BCUT2D eigenvalue weighted by Gasteiger charge is 2.39. The molecule has 9 nitrogen and oxygen atoms in total. The third-order valence-electron chi connectivity index (χ3n) is 7.42. The third kappa shape index (κ3) is 7.68. The minimum Gasteiger partial charge on any atom is -0.370 e. The second-order valence-corrected chi connectivity index (χ2v) is 10.5. The van der Waals surface area contributed by atoms with Crippen molar-refractivity contribution >= 4 is 40.1 Å². The summed E-state index contributed by atoms with van der Waals surface area (Å²) in [4.78, 5) is 62.4. The van der Waals surface area contributed by atoms with E-state index >= 15 is 0 Å². The maximum absolute atomic E-state index is 13.7. The zero-order valence-corrected chi connectivity index (χ0v) is 22.6. The summed E-state index contributed by atoms with van der Waals surface area (Å²) in [6.07, 6.45) is 3.27. The molecule has 2 aromatic rings. The van der Waals surface area contributed by atoms with E-state index in [1.807, 2.05) is 38.1 Å². The molecule has 0 aliphatic carbocycles.